The van der Waals surface area contributed by atoms with Crippen LogP contribution in [0.5, 0.6) is 0 Å². The second kappa shape index (κ2) is 5.95. The molecule has 1 fully saturated rings. The highest BCUT2D eigenvalue weighted by Crippen LogP contribution is 2.31. The third-order valence-corrected chi connectivity index (χ3v) is 4.75. The number of nitro groups is 1. The minimum Gasteiger partial charge on any atom is -0.480 e. The highest BCUT2D eigenvalue weighted by atomic mass is 127. The van der Waals surface area contributed by atoms with Gasteiger partial charge in [0.15, 0.2) is 0 Å². The lowest BCUT2D eigenvalue weighted by Gasteiger charge is -2.35. The fraction of sp³-hybridized carbons (Fsp3) is 0.364. The van der Waals surface area contributed by atoms with Crippen molar-refractivity contribution in [3.05, 3.63) is 31.9 Å². The zero-order valence-corrected chi connectivity index (χ0v) is 12.8. The fourth-order valence-corrected chi connectivity index (χ4v) is 3.79. The van der Waals surface area contributed by atoms with Crippen LogP contribution in [-0.2, 0) is 4.79 Å². The predicted molar refractivity (Wildman–Crippen MR) is 81.9 cm³/mol. The average molecular weight is 394 g/mol. The second-order valence-corrected chi connectivity index (χ2v) is 6.33. The molecular weight excluding hydrogens is 383 g/mol. The van der Waals surface area contributed by atoms with Crippen LogP contribution < -0.4 is 4.90 Å². The van der Waals surface area contributed by atoms with E-state index in [0.717, 1.165) is 11.4 Å². The van der Waals surface area contributed by atoms with Crippen molar-refractivity contribution in [2.24, 2.45) is 0 Å². The van der Waals surface area contributed by atoms with E-state index in [0.29, 0.717) is 15.9 Å². The quantitative estimate of drug-likeness (QED) is 0.481. The average Bonchev–Trinajstić information content (AvgIpc) is 2.38. The van der Waals surface area contributed by atoms with Crippen molar-refractivity contribution in [3.8, 4) is 0 Å². The first-order chi connectivity index (χ1) is 9.00. The van der Waals surface area contributed by atoms with E-state index < -0.39 is 16.9 Å². The maximum atomic E-state index is 11.3. The molecule has 1 aliphatic rings. The van der Waals surface area contributed by atoms with Crippen LogP contribution in [0, 0.1) is 13.7 Å². The number of nitrogens with zero attached hydrogens (tertiary/aromatic N) is 2. The first-order valence-corrected chi connectivity index (χ1v) is 7.75. The Balaban J connectivity index is 2.34. The van der Waals surface area contributed by atoms with Crippen LogP contribution in [0.25, 0.3) is 0 Å². The van der Waals surface area contributed by atoms with Crippen molar-refractivity contribution in [1.82, 2.24) is 0 Å². The summed E-state index contributed by atoms with van der Waals surface area (Å²) in [6, 6.07) is 3.94. The van der Waals surface area contributed by atoms with Gasteiger partial charge in [-0.3, -0.25) is 10.1 Å². The molecule has 0 saturated carbocycles. The smallest absolute Gasteiger partial charge is 0.327 e. The summed E-state index contributed by atoms with van der Waals surface area (Å²) in [4.78, 5) is 23.3. The van der Waals surface area contributed by atoms with Crippen molar-refractivity contribution in [2.45, 2.75) is 6.04 Å². The zero-order chi connectivity index (χ0) is 14.0. The van der Waals surface area contributed by atoms with Crippen molar-refractivity contribution in [2.75, 3.05) is 23.0 Å². The molecule has 0 spiro atoms. The number of halogens is 1. The largest absolute Gasteiger partial charge is 0.480 e. The minimum atomic E-state index is -0.860. The Morgan fingerprint density at radius 3 is 2.89 bits per heavy atom. The van der Waals surface area contributed by atoms with E-state index in [-0.39, 0.29) is 5.69 Å². The van der Waals surface area contributed by atoms with Gasteiger partial charge >= 0.3 is 5.97 Å². The van der Waals surface area contributed by atoms with Crippen LogP contribution in [0.15, 0.2) is 18.2 Å². The normalized spacial score (nSPS) is 19.2. The van der Waals surface area contributed by atoms with Crippen LogP contribution in [0.2, 0.25) is 0 Å². The molecule has 19 heavy (non-hydrogen) atoms. The van der Waals surface area contributed by atoms with Gasteiger partial charge in [0.1, 0.15) is 6.04 Å². The Hall–Kier alpha value is -1.03. The van der Waals surface area contributed by atoms with Crippen molar-refractivity contribution < 1.29 is 14.8 Å². The number of carboxylic acid groups (broad SMARTS) is 1. The van der Waals surface area contributed by atoms with Crippen molar-refractivity contribution in [3.63, 3.8) is 0 Å². The third-order valence-electron chi connectivity index (χ3n) is 2.87. The molecule has 102 valence electrons. The van der Waals surface area contributed by atoms with Gasteiger partial charge in [0, 0.05) is 33.8 Å². The van der Waals surface area contributed by atoms with Gasteiger partial charge in [-0.15, -0.1) is 0 Å². The molecule has 1 heterocycles. The standard InChI is InChI=1S/C11H11IN2O4S/c12-8-5-7(14(17)18)1-2-9(8)13-3-4-19-6-10(13)11(15)16/h1-2,5,10H,3-4,6H2,(H,15,16). The number of hydrogen-bond donors (Lipinski definition) is 1. The molecule has 0 aromatic heterocycles. The molecule has 1 atom stereocenters. The molecule has 0 aliphatic carbocycles. The van der Waals surface area contributed by atoms with Gasteiger partial charge in [-0.05, 0) is 28.7 Å². The number of hydrogen-bond acceptors (Lipinski definition) is 5. The predicted octanol–water partition coefficient (Wildman–Crippen LogP) is 2.21. The molecule has 1 unspecified atom stereocenters. The molecular formula is C11H11IN2O4S. The Kier molecular flexibility index (Phi) is 4.50. The van der Waals surface area contributed by atoms with E-state index in [1.807, 2.05) is 27.5 Å². The van der Waals surface area contributed by atoms with Gasteiger partial charge in [0.05, 0.1) is 10.6 Å². The van der Waals surface area contributed by atoms with Crippen LogP contribution >= 0.6 is 34.4 Å². The van der Waals surface area contributed by atoms with Gasteiger partial charge in [-0.2, -0.15) is 11.8 Å². The van der Waals surface area contributed by atoms with Crippen molar-refractivity contribution in [1.29, 1.82) is 0 Å². The SMILES string of the molecule is O=C(O)C1CSCCN1c1ccc([N+](=O)[O-])cc1I. The lowest BCUT2D eigenvalue weighted by atomic mass is 10.2. The number of anilines is 1. The van der Waals surface area contributed by atoms with Gasteiger partial charge in [0.25, 0.3) is 5.69 Å². The minimum absolute atomic E-state index is 0.0198. The maximum Gasteiger partial charge on any atom is 0.327 e. The first-order valence-electron chi connectivity index (χ1n) is 5.52. The molecule has 8 heteroatoms. The molecule has 0 radical (unpaired) electrons. The third kappa shape index (κ3) is 3.11. The van der Waals surface area contributed by atoms with Crippen LogP contribution in [0.1, 0.15) is 0 Å². The summed E-state index contributed by atoms with van der Waals surface area (Å²) in [5.74, 6) is 0.528. The summed E-state index contributed by atoms with van der Waals surface area (Å²) in [5.41, 5.74) is 0.769. The first kappa shape index (κ1) is 14.4. The van der Waals surface area contributed by atoms with Crippen LogP contribution in [0.3, 0.4) is 0 Å². The molecule has 1 aliphatic heterocycles. The zero-order valence-electron chi connectivity index (χ0n) is 9.78. The highest BCUT2D eigenvalue weighted by Gasteiger charge is 2.30. The van der Waals surface area contributed by atoms with E-state index in [9.17, 15) is 20.0 Å². The summed E-state index contributed by atoms with van der Waals surface area (Å²) in [6.07, 6.45) is 0. The number of non-ortho nitro benzene ring substituents is 1. The van der Waals surface area contributed by atoms with Crippen LogP contribution in [0.4, 0.5) is 11.4 Å². The second-order valence-electron chi connectivity index (χ2n) is 4.02. The van der Waals surface area contributed by atoms with Crippen LogP contribution in [-0.4, -0.2) is 40.1 Å². The topological polar surface area (TPSA) is 83.7 Å². The lowest BCUT2D eigenvalue weighted by Crippen LogP contribution is -2.47. The van der Waals surface area contributed by atoms with E-state index in [4.69, 9.17) is 0 Å². The molecule has 2 rings (SSSR count). The Bertz CT molecular complexity index is 525. The molecule has 1 saturated heterocycles. The van der Waals surface area contributed by atoms with E-state index >= 15 is 0 Å². The summed E-state index contributed by atoms with van der Waals surface area (Å²) < 4.78 is 0.699. The lowest BCUT2D eigenvalue weighted by molar-refractivity contribution is -0.384. The van der Waals surface area contributed by atoms with E-state index in [2.05, 4.69) is 0 Å². The number of carbonyl (C=O) groups is 1. The number of carboxylic acids is 1. The Morgan fingerprint density at radius 2 is 2.32 bits per heavy atom. The molecule has 6 nitrogen and oxygen atoms in total. The number of aliphatic carboxylic acids is 1. The number of thioether (sulfide) groups is 1. The molecule has 1 N–H and O–H groups in total. The monoisotopic (exact) mass is 394 g/mol. The van der Waals surface area contributed by atoms with Crippen molar-refractivity contribution >= 4 is 51.7 Å². The summed E-state index contributed by atoms with van der Waals surface area (Å²) in [7, 11) is 0. The van der Waals surface area contributed by atoms with Gasteiger partial charge in [-0.25, -0.2) is 4.79 Å². The molecule has 0 amide bonds. The number of benzene rings is 1. The summed E-state index contributed by atoms with van der Waals surface area (Å²) in [5, 5.41) is 19.9. The highest BCUT2D eigenvalue weighted by molar-refractivity contribution is 14.1. The number of rotatable bonds is 3. The fourth-order valence-electron chi connectivity index (χ4n) is 1.94. The Morgan fingerprint density at radius 1 is 1.58 bits per heavy atom. The number of nitro benzene ring substituents is 1. The van der Waals surface area contributed by atoms with E-state index in [1.165, 1.54) is 12.1 Å². The molecule has 1 aromatic rings. The summed E-state index contributed by atoms with van der Waals surface area (Å²) in [6.45, 7) is 0.634. The Labute approximate surface area is 127 Å². The summed E-state index contributed by atoms with van der Waals surface area (Å²) >= 11 is 3.62. The van der Waals surface area contributed by atoms with Gasteiger partial charge in [-0.1, -0.05) is 0 Å². The van der Waals surface area contributed by atoms with E-state index in [1.54, 1.807) is 17.8 Å². The molecule has 0 bridgehead atoms. The maximum absolute atomic E-state index is 11.3. The van der Waals surface area contributed by atoms with Gasteiger partial charge < -0.3 is 10.0 Å². The van der Waals surface area contributed by atoms with Gasteiger partial charge in [0.2, 0.25) is 0 Å². The molecule has 1 aromatic carbocycles.